The summed E-state index contributed by atoms with van der Waals surface area (Å²) < 4.78 is 4.98. The summed E-state index contributed by atoms with van der Waals surface area (Å²) in [6.45, 7) is 4.92. The van der Waals surface area contributed by atoms with E-state index in [1.165, 1.54) is 0 Å². The average molecular weight is 259 g/mol. The number of ether oxygens (including phenoxy) is 1. The third-order valence-corrected chi connectivity index (χ3v) is 2.49. The molecule has 0 aliphatic carbocycles. The topological polar surface area (TPSA) is 72.8 Å². The van der Waals surface area contributed by atoms with Crippen LogP contribution in [0.5, 0.6) is 5.88 Å². The first-order valence-electron chi connectivity index (χ1n) is 6.20. The quantitative estimate of drug-likeness (QED) is 0.886. The molecular formula is C13H17N5O. The Hall–Kier alpha value is -2.24. The molecule has 0 radical (unpaired) electrons. The van der Waals surface area contributed by atoms with Gasteiger partial charge in [0.05, 0.1) is 7.11 Å². The van der Waals surface area contributed by atoms with Gasteiger partial charge in [0.2, 0.25) is 5.88 Å². The second-order valence-electron chi connectivity index (χ2n) is 4.11. The maximum absolute atomic E-state index is 4.98. The first-order chi connectivity index (χ1) is 9.22. The van der Waals surface area contributed by atoms with E-state index >= 15 is 0 Å². The molecule has 0 aromatic carbocycles. The highest BCUT2D eigenvalue weighted by Crippen LogP contribution is 2.16. The van der Waals surface area contributed by atoms with Crippen molar-refractivity contribution < 1.29 is 4.74 Å². The highest BCUT2D eigenvalue weighted by atomic mass is 16.5. The van der Waals surface area contributed by atoms with Crippen LogP contribution in [0, 0.1) is 6.92 Å². The Balaban J connectivity index is 2.29. The molecule has 0 bridgehead atoms. The van der Waals surface area contributed by atoms with Gasteiger partial charge in [0.25, 0.3) is 0 Å². The molecule has 0 unspecified atom stereocenters. The van der Waals surface area contributed by atoms with Gasteiger partial charge in [-0.3, -0.25) is 0 Å². The second kappa shape index (κ2) is 6.08. The molecule has 19 heavy (non-hydrogen) atoms. The van der Waals surface area contributed by atoms with E-state index in [1.54, 1.807) is 19.2 Å². The maximum Gasteiger partial charge on any atom is 0.233 e. The van der Waals surface area contributed by atoms with E-state index < -0.39 is 0 Å². The summed E-state index contributed by atoms with van der Waals surface area (Å²) in [5.74, 6) is 1.84. The fraction of sp³-hybridized carbons (Fsp3) is 0.385. The minimum atomic E-state index is 0.473. The molecule has 0 amide bonds. The molecule has 0 aliphatic heterocycles. The lowest BCUT2D eigenvalue weighted by molar-refractivity contribution is 0.392. The molecule has 0 saturated carbocycles. The van der Waals surface area contributed by atoms with Crippen molar-refractivity contribution in [3.05, 3.63) is 23.9 Å². The number of methoxy groups -OCH3 is 1. The van der Waals surface area contributed by atoms with Gasteiger partial charge in [-0.15, -0.1) is 10.2 Å². The molecule has 100 valence electrons. The zero-order valence-corrected chi connectivity index (χ0v) is 11.3. The molecule has 0 saturated heterocycles. The molecule has 2 rings (SSSR count). The third-order valence-electron chi connectivity index (χ3n) is 2.49. The standard InChI is InChI=1S/C13H17N5O/c1-4-7-14-11-8-9(2)15-13(16-11)10-5-6-12(19-3)18-17-10/h5-6,8H,4,7H2,1-3H3,(H,14,15,16). The van der Waals surface area contributed by atoms with Crippen LogP contribution in [0.2, 0.25) is 0 Å². The van der Waals surface area contributed by atoms with Gasteiger partial charge < -0.3 is 10.1 Å². The monoisotopic (exact) mass is 259 g/mol. The summed E-state index contributed by atoms with van der Waals surface area (Å²) in [5.41, 5.74) is 1.52. The van der Waals surface area contributed by atoms with Crippen molar-refractivity contribution >= 4 is 5.82 Å². The van der Waals surface area contributed by atoms with Gasteiger partial charge in [-0.05, 0) is 19.4 Å². The van der Waals surface area contributed by atoms with Crippen molar-refractivity contribution in [1.82, 2.24) is 20.2 Å². The maximum atomic E-state index is 4.98. The fourth-order valence-corrected chi connectivity index (χ4v) is 1.57. The minimum Gasteiger partial charge on any atom is -0.480 e. The Morgan fingerprint density at radius 3 is 2.68 bits per heavy atom. The second-order valence-corrected chi connectivity index (χ2v) is 4.11. The van der Waals surface area contributed by atoms with Gasteiger partial charge in [0.1, 0.15) is 11.5 Å². The molecule has 0 spiro atoms. The van der Waals surface area contributed by atoms with Gasteiger partial charge >= 0.3 is 0 Å². The Bertz CT molecular complexity index is 541. The van der Waals surface area contributed by atoms with Gasteiger partial charge in [-0.25, -0.2) is 9.97 Å². The van der Waals surface area contributed by atoms with Crippen molar-refractivity contribution in [2.24, 2.45) is 0 Å². The summed E-state index contributed by atoms with van der Waals surface area (Å²) in [5, 5.41) is 11.2. The summed E-state index contributed by atoms with van der Waals surface area (Å²) in [6, 6.07) is 5.45. The summed E-state index contributed by atoms with van der Waals surface area (Å²) in [6.07, 6.45) is 1.04. The molecule has 0 atom stereocenters. The number of aromatic nitrogens is 4. The van der Waals surface area contributed by atoms with Crippen LogP contribution < -0.4 is 10.1 Å². The van der Waals surface area contributed by atoms with E-state index in [4.69, 9.17) is 4.74 Å². The third kappa shape index (κ3) is 3.37. The number of nitrogens with zero attached hydrogens (tertiary/aromatic N) is 4. The lowest BCUT2D eigenvalue weighted by atomic mass is 10.3. The van der Waals surface area contributed by atoms with Gasteiger partial charge in [-0.2, -0.15) is 0 Å². The summed E-state index contributed by atoms with van der Waals surface area (Å²) in [4.78, 5) is 8.80. The average Bonchev–Trinajstić information content (AvgIpc) is 2.44. The molecular weight excluding hydrogens is 242 g/mol. The number of aryl methyl sites for hydroxylation is 1. The highest BCUT2D eigenvalue weighted by molar-refractivity contribution is 5.52. The number of nitrogens with one attached hydrogen (secondary N) is 1. The van der Waals surface area contributed by atoms with Crippen LogP contribution in [0.3, 0.4) is 0 Å². The van der Waals surface area contributed by atoms with E-state index in [1.807, 2.05) is 13.0 Å². The fourth-order valence-electron chi connectivity index (χ4n) is 1.57. The zero-order chi connectivity index (χ0) is 13.7. The molecule has 2 aromatic rings. The molecule has 2 heterocycles. The lowest BCUT2D eigenvalue weighted by Gasteiger charge is -2.07. The summed E-state index contributed by atoms with van der Waals surface area (Å²) >= 11 is 0. The van der Waals surface area contributed by atoms with Crippen molar-refractivity contribution in [3.8, 4) is 17.4 Å². The van der Waals surface area contributed by atoms with Crippen molar-refractivity contribution in [3.63, 3.8) is 0 Å². The first kappa shape index (κ1) is 13.2. The van der Waals surface area contributed by atoms with Crippen LogP contribution in [0.15, 0.2) is 18.2 Å². The summed E-state index contributed by atoms with van der Waals surface area (Å²) in [7, 11) is 1.56. The molecule has 2 aromatic heterocycles. The van der Waals surface area contributed by atoms with Crippen LogP contribution in [0.25, 0.3) is 11.5 Å². The van der Waals surface area contributed by atoms with Gasteiger partial charge in [0, 0.05) is 24.4 Å². The van der Waals surface area contributed by atoms with Crippen LogP contribution in [-0.2, 0) is 0 Å². The predicted molar refractivity (Wildman–Crippen MR) is 73.1 cm³/mol. The van der Waals surface area contributed by atoms with Crippen molar-refractivity contribution in [2.75, 3.05) is 19.0 Å². The zero-order valence-electron chi connectivity index (χ0n) is 11.3. The van der Waals surface area contributed by atoms with Crippen LogP contribution in [0.1, 0.15) is 19.0 Å². The molecule has 0 fully saturated rings. The molecule has 6 heteroatoms. The largest absolute Gasteiger partial charge is 0.480 e. The van der Waals surface area contributed by atoms with E-state index in [-0.39, 0.29) is 0 Å². The van der Waals surface area contributed by atoms with Gasteiger partial charge in [-0.1, -0.05) is 6.92 Å². The van der Waals surface area contributed by atoms with E-state index in [2.05, 4.69) is 32.4 Å². The molecule has 6 nitrogen and oxygen atoms in total. The van der Waals surface area contributed by atoms with Crippen LogP contribution in [0.4, 0.5) is 5.82 Å². The van der Waals surface area contributed by atoms with Crippen molar-refractivity contribution in [1.29, 1.82) is 0 Å². The Morgan fingerprint density at radius 2 is 2.05 bits per heavy atom. The number of anilines is 1. The highest BCUT2D eigenvalue weighted by Gasteiger charge is 2.07. The minimum absolute atomic E-state index is 0.473. The Morgan fingerprint density at radius 1 is 1.21 bits per heavy atom. The number of rotatable bonds is 5. The van der Waals surface area contributed by atoms with Gasteiger partial charge in [0.15, 0.2) is 5.82 Å². The molecule has 0 aliphatic rings. The van der Waals surface area contributed by atoms with Crippen LogP contribution in [-0.4, -0.2) is 33.8 Å². The Kier molecular flexibility index (Phi) is 4.22. The normalized spacial score (nSPS) is 10.3. The number of hydrogen-bond acceptors (Lipinski definition) is 6. The SMILES string of the molecule is CCCNc1cc(C)nc(-c2ccc(OC)nn2)n1. The predicted octanol–water partition coefficient (Wildman–Crippen LogP) is 2.07. The lowest BCUT2D eigenvalue weighted by Crippen LogP contribution is -2.05. The van der Waals surface area contributed by atoms with Crippen LogP contribution >= 0.6 is 0 Å². The molecule has 1 N–H and O–H groups in total. The number of hydrogen-bond donors (Lipinski definition) is 1. The van der Waals surface area contributed by atoms with Crippen molar-refractivity contribution in [2.45, 2.75) is 20.3 Å². The Labute approximate surface area is 112 Å². The van der Waals surface area contributed by atoms with E-state index in [0.717, 1.165) is 24.5 Å². The van der Waals surface area contributed by atoms with E-state index in [9.17, 15) is 0 Å². The smallest absolute Gasteiger partial charge is 0.233 e. The first-order valence-corrected chi connectivity index (χ1v) is 6.20. The van der Waals surface area contributed by atoms with E-state index in [0.29, 0.717) is 17.4 Å².